The minimum atomic E-state index is 0.0858. The van der Waals surface area contributed by atoms with Gasteiger partial charge in [0.2, 0.25) is 0 Å². The summed E-state index contributed by atoms with van der Waals surface area (Å²) in [5, 5.41) is 9.87. The molecule has 2 atom stereocenters. The molecule has 1 aromatic carbocycles. The van der Waals surface area contributed by atoms with Crippen molar-refractivity contribution < 1.29 is 5.11 Å². The van der Waals surface area contributed by atoms with Crippen LogP contribution in [-0.2, 0) is 0 Å². The zero-order chi connectivity index (χ0) is 12.7. The second-order valence-electron chi connectivity index (χ2n) is 6.51. The third-order valence-electron chi connectivity index (χ3n) is 4.68. The minimum Gasteiger partial charge on any atom is -0.396 e. The molecule has 0 bridgehead atoms. The zero-order valence-electron chi connectivity index (χ0n) is 11.4. The molecule has 2 rings (SSSR count). The maximum Gasteiger partial charge on any atom is 0.0498 e. The van der Waals surface area contributed by atoms with Crippen LogP contribution in [0.2, 0.25) is 0 Å². The topological polar surface area (TPSA) is 20.2 Å². The minimum absolute atomic E-state index is 0.0858. The third kappa shape index (κ3) is 1.91. The molecule has 1 fully saturated rings. The van der Waals surface area contributed by atoms with E-state index in [-0.39, 0.29) is 10.8 Å². The predicted molar refractivity (Wildman–Crippen MR) is 71.9 cm³/mol. The molecule has 0 radical (unpaired) electrons. The van der Waals surface area contributed by atoms with Crippen molar-refractivity contribution >= 4 is 0 Å². The van der Waals surface area contributed by atoms with E-state index in [2.05, 4.69) is 58.0 Å². The lowest BCUT2D eigenvalue weighted by atomic mass is 9.73. The van der Waals surface area contributed by atoms with E-state index in [4.69, 9.17) is 0 Å². The molecule has 0 aromatic heterocycles. The molecule has 1 aliphatic carbocycles. The first-order chi connectivity index (χ1) is 7.94. The Kier molecular flexibility index (Phi) is 3.07. The molecule has 1 aromatic rings. The average molecular weight is 232 g/mol. The van der Waals surface area contributed by atoms with Gasteiger partial charge in [0.05, 0.1) is 0 Å². The van der Waals surface area contributed by atoms with Crippen LogP contribution in [0.1, 0.15) is 45.6 Å². The van der Waals surface area contributed by atoms with Crippen LogP contribution in [0.25, 0.3) is 0 Å². The lowest BCUT2D eigenvalue weighted by Gasteiger charge is -2.32. The summed E-state index contributed by atoms with van der Waals surface area (Å²) in [4.78, 5) is 0. The van der Waals surface area contributed by atoms with Gasteiger partial charge in [0.15, 0.2) is 0 Å². The van der Waals surface area contributed by atoms with Crippen molar-refractivity contribution in [2.75, 3.05) is 6.61 Å². The standard InChI is InChI=1S/C16H24O/c1-12(2)14(13-8-6-5-7-9-13)16(11-17)10-15(16,3)4/h5-9,12,14,17H,10-11H2,1-4H3. The molecule has 1 nitrogen and oxygen atoms in total. The smallest absolute Gasteiger partial charge is 0.0498 e. The third-order valence-corrected chi connectivity index (χ3v) is 4.68. The van der Waals surface area contributed by atoms with Crippen molar-refractivity contribution in [3.63, 3.8) is 0 Å². The molecule has 1 saturated carbocycles. The Bertz CT molecular complexity index is 380. The van der Waals surface area contributed by atoms with E-state index in [1.165, 1.54) is 5.56 Å². The first kappa shape index (κ1) is 12.6. The molecular weight excluding hydrogens is 208 g/mol. The largest absolute Gasteiger partial charge is 0.396 e. The Morgan fingerprint density at radius 1 is 1.18 bits per heavy atom. The van der Waals surface area contributed by atoms with Crippen LogP contribution in [0.5, 0.6) is 0 Å². The van der Waals surface area contributed by atoms with Gasteiger partial charge in [-0.25, -0.2) is 0 Å². The molecule has 94 valence electrons. The maximum atomic E-state index is 9.87. The highest BCUT2D eigenvalue weighted by Crippen LogP contribution is 2.70. The van der Waals surface area contributed by atoms with Crippen LogP contribution in [-0.4, -0.2) is 11.7 Å². The van der Waals surface area contributed by atoms with Crippen molar-refractivity contribution in [3.05, 3.63) is 35.9 Å². The summed E-state index contributed by atoms with van der Waals surface area (Å²) in [6.07, 6.45) is 1.13. The van der Waals surface area contributed by atoms with E-state index in [1.807, 2.05) is 0 Å². The van der Waals surface area contributed by atoms with Crippen molar-refractivity contribution in [1.29, 1.82) is 0 Å². The fourth-order valence-corrected chi connectivity index (χ4v) is 3.65. The summed E-state index contributed by atoms with van der Waals surface area (Å²) in [5.74, 6) is 1.02. The van der Waals surface area contributed by atoms with Gasteiger partial charge in [-0.2, -0.15) is 0 Å². The van der Waals surface area contributed by atoms with E-state index >= 15 is 0 Å². The number of hydrogen-bond donors (Lipinski definition) is 1. The van der Waals surface area contributed by atoms with Crippen LogP contribution in [0.4, 0.5) is 0 Å². The molecular formula is C16H24O. The summed E-state index contributed by atoms with van der Waals surface area (Å²) < 4.78 is 0. The summed E-state index contributed by atoms with van der Waals surface area (Å²) in [6.45, 7) is 9.40. The highest BCUT2D eigenvalue weighted by Gasteiger charge is 2.65. The van der Waals surface area contributed by atoms with Crippen molar-refractivity contribution in [1.82, 2.24) is 0 Å². The number of aliphatic hydroxyl groups excluding tert-OH is 1. The Hall–Kier alpha value is -0.820. The van der Waals surface area contributed by atoms with Gasteiger partial charge in [-0.3, -0.25) is 0 Å². The SMILES string of the molecule is CC(C)C(c1ccccc1)C1(CO)CC1(C)C. The first-order valence-corrected chi connectivity index (χ1v) is 6.60. The first-order valence-electron chi connectivity index (χ1n) is 6.60. The van der Waals surface area contributed by atoms with E-state index < -0.39 is 0 Å². The fourth-order valence-electron chi connectivity index (χ4n) is 3.65. The summed E-state index contributed by atoms with van der Waals surface area (Å²) >= 11 is 0. The lowest BCUT2D eigenvalue weighted by Crippen LogP contribution is -2.27. The molecule has 0 spiro atoms. The maximum absolute atomic E-state index is 9.87. The lowest BCUT2D eigenvalue weighted by molar-refractivity contribution is 0.134. The van der Waals surface area contributed by atoms with Gasteiger partial charge in [-0.1, -0.05) is 58.0 Å². The average Bonchev–Trinajstić information content (AvgIpc) is 2.83. The van der Waals surface area contributed by atoms with E-state index in [9.17, 15) is 5.11 Å². The van der Waals surface area contributed by atoms with Crippen molar-refractivity contribution in [2.45, 2.75) is 40.0 Å². The molecule has 1 heteroatoms. The van der Waals surface area contributed by atoms with E-state index in [1.54, 1.807) is 0 Å². The number of aliphatic hydroxyl groups is 1. The van der Waals surface area contributed by atoms with Crippen LogP contribution >= 0.6 is 0 Å². The Labute approximate surface area is 105 Å². The fraction of sp³-hybridized carbons (Fsp3) is 0.625. The molecule has 17 heavy (non-hydrogen) atoms. The van der Waals surface area contributed by atoms with Crippen LogP contribution in [0.15, 0.2) is 30.3 Å². The van der Waals surface area contributed by atoms with Gasteiger partial charge < -0.3 is 5.11 Å². The molecule has 0 aliphatic heterocycles. The molecule has 0 amide bonds. The van der Waals surface area contributed by atoms with E-state index in [0.717, 1.165) is 6.42 Å². The van der Waals surface area contributed by atoms with Crippen LogP contribution in [0, 0.1) is 16.7 Å². The zero-order valence-corrected chi connectivity index (χ0v) is 11.4. The summed E-state index contributed by atoms with van der Waals surface area (Å²) in [5.41, 5.74) is 1.73. The van der Waals surface area contributed by atoms with Gasteiger partial charge in [0.1, 0.15) is 0 Å². The molecule has 1 N–H and O–H groups in total. The summed E-state index contributed by atoms with van der Waals surface area (Å²) in [7, 11) is 0. The van der Waals surface area contributed by atoms with Crippen LogP contribution in [0.3, 0.4) is 0 Å². The molecule has 0 saturated heterocycles. The number of rotatable bonds is 4. The van der Waals surface area contributed by atoms with E-state index in [0.29, 0.717) is 18.4 Å². The molecule has 0 heterocycles. The van der Waals surface area contributed by atoms with Crippen molar-refractivity contribution in [2.24, 2.45) is 16.7 Å². The van der Waals surface area contributed by atoms with Crippen LogP contribution < -0.4 is 0 Å². The molecule has 2 unspecified atom stereocenters. The second-order valence-corrected chi connectivity index (χ2v) is 6.51. The van der Waals surface area contributed by atoms with Gasteiger partial charge >= 0.3 is 0 Å². The monoisotopic (exact) mass is 232 g/mol. The normalized spacial score (nSPS) is 28.1. The Morgan fingerprint density at radius 3 is 2.06 bits per heavy atom. The highest BCUT2D eigenvalue weighted by atomic mass is 16.3. The summed E-state index contributed by atoms with van der Waals surface area (Å²) in [6, 6.07) is 10.7. The molecule has 1 aliphatic rings. The van der Waals surface area contributed by atoms with Gasteiger partial charge in [-0.15, -0.1) is 0 Å². The highest BCUT2D eigenvalue weighted by molar-refractivity contribution is 5.29. The van der Waals surface area contributed by atoms with Crippen molar-refractivity contribution in [3.8, 4) is 0 Å². The number of benzene rings is 1. The Balaban J connectivity index is 2.38. The van der Waals surface area contributed by atoms with Gasteiger partial charge in [0.25, 0.3) is 0 Å². The Morgan fingerprint density at radius 2 is 1.71 bits per heavy atom. The van der Waals surface area contributed by atoms with Gasteiger partial charge in [-0.05, 0) is 29.2 Å². The van der Waals surface area contributed by atoms with Gasteiger partial charge in [0, 0.05) is 12.0 Å². The predicted octanol–water partition coefficient (Wildman–Crippen LogP) is 3.83. The second kappa shape index (κ2) is 4.13. The quantitative estimate of drug-likeness (QED) is 0.836. The number of hydrogen-bond acceptors (Lipinski definition) is 1.